The number of benzene rings is 1. The number of carboxylic acids is 1. The van der Waals surface area contributed by atoms with Crippen LogP contribution in [-0.2, 0) is 0 Å². The second-order valence-corrected chi connectivity index (χ2v) is 4.10. The van der Waals surface area contributed by atoms with E-state index in [1.807, 2.05) is 19.2 Å². The van der Waals surface area contributed by atoms with Crippen LogP contribution < -0.4 is 4.90 Å². The van der Waals surface area contributed by atoms with Crippen LogP contribution in [0.3, 0.4) is 0 Å². The molecular weight excluding hydrogens is 238 g/mol. The zero-order valence-corrected chi connectivity index (χ0v) is 11.3. The summed E-state index contributed by atoms with van der Waals surface area (Å²) in [5.41, 5.74) is 1.39. The van der Waals surface area contributed by atoms with E-state index in [-0.39, 0.29) is 12.4 Å². The number of carbonyl (C=O) groups is 1. The van der Waals surface area contributed by atoms with Crippen molar-refractivity contribution in [3.05, 3.63) is 29.8 Å². The highest BCUT2D eigenvalue weighted by atomic mass is 35.5. The zero-order valence-electron chi connectivity index (χ0n) is 10.5. The number of nitrogens with zero attached hydrogens (tertiary/aromatic N) is 1. The lowest BCUT2D eigenvalue weighted by molar-refractivity contribution is 0.0697. The van der Waals surface area contributed by atoms with Crippen LogP contribution in [0.4, 0.5) is 5.69 Å². The summed E-state index contributed by atoms with van der Waals surface area (Å²) in [6.45, 7) is 4.34. The summed E-state index contributed by atoms with van der Waals surface area (Å²) in [7, 11) is 2.04. The van der Waals surface area contributed by atoms with Crippen molar-refractivity contribution >= 4 is 24.1 Å². The fourth-order valence-electron chi connectivity index (χ4n) is 1.71. The van der Waals surface area contributed by atoms with Crippen LogP contribution in [0.2, 0.25) is 0 Å². The fourth-order valence-corrected chi connectivity index (χ4v) is 1.71. The van der Waals surface area contributed by atoms with Gasteiger partial charge in [0.25, 0.3) is 0 Å². The van der Waals surface area contributed by atoms with Crippen LogP contribution in [0.25, 0.3) is 0 Å². The van der Waals surface area contributed by atoms with E-state index in [2.05, 4.69) is 18.7 Å². The number of aromatic carboxylic acids is 1. The van der Waals surface area contributed by atoms with Crippen molar-refractivity contribution in [1.29, 1.82) is 0 Å². The quantitative estimate of drug-likeness (QED) is 0.879. The molecule has 96 valence electrons. The van der Waals surface area contributed by atoms with Crippen LogP contribution in [0, 0.1) is 0 Å². The minimum absolute atomic E-state index is 0. The topological polar surface area (TPSA) is 40.5 Å². The lowest BCUT2D eigenvalue weighted by Crippen LogP contribution is -2.28. The van der Waals surface area contributed by atoms with E-state index in [1.165, 1.54) is 0 Å². The summed E-state index contributed by atoms with van der Waals surface area (Å²) in [5.74, 6) is -0.879. The van der Waals surface area contributed by atoms with Crippen molar-refractivity contribution < 1.29 is 9.90 Å². The fraction of sp³-hybridized carbons (Fsp3) is 0.462. The van der Waals surface area contributed by atoms with Gasteiger partial charge in [-0.2, -0.15) is 0 Å². The third-order valence-electron chi connectivity index (χ3n) is 2.89. The van der Waals surface area contributed by atoms with Crippen LogP contribution in [0.5, 0.6) is 0 Å². The lowest BCUT2D eigenvalue weighted by Gasteiger charge is -2.26. The SMILES string of the molecule is CCCC(C)N(C)c1ccc(C(=O)O)cc1.Cl. The van der Waals surface area contributed by atoms with E-state index < -0.39 is 5.97 Å². The van der Waals surface area contributed by atoms with Crippen LogP contribution in [-0.4, -0.2) is 24.2 Å². The first-order valence-corrected chi connectivity index (χ1v) is 5.62. The predicted molar refractivity (Wildman–Crippen MR) is 73.4 cm³/mol. The highest BCUT2D eigenvalue weighted by Crippen LogP contribution is 2.18. The average molecular weight is 258 g/mol. The maximum atomic E-state index is 10.7. The molecule has 1 aromatic rings. The Labute approximate surface area is 109 Å². The maximum absolute atomic E-state index is 10.7. The molecule has 0 aliphatic carbocycles. The van der Waals surface area contributed by atoms with Gasteiger partial charge >= 0.3 is 5.97 Å². The van der Waals surface area contributed by atoms with Gasteiger partial charge in [-0.3, -0.25) is 0 Å². The van der Waals surface area contributed by atoms with Gasteiger partial charge in [-0.1, -0.05) is 13.3 Å². The van der Waals surface area contributed by atoms with E-state index >= 15 is 0 Å². The third-order valence-corrected chi connectivity index (χ3v) is 2.89. The molecule has 17 heavy (non-hydrogen) atoms. The molecule has 1 unspecified atom stereocenters. The maximum Gasteiger partial charge on any atom is 0.335 e. The van der Waals surface area contributed by atoms with Gasteiger partial charge in [0.05, 0.1) is 5.56 Å². The molecule has 1 N–H and O–H groups in total. The minimum Gasteiger partial charge on any atom is -0.478 e. The zero-order chi connectivity index (χ0) is 12.1. The molecule has 0 aromatic heterocycles. The standard InChI is InChI=1S/C13H19NO2.ClH/c1-4-5-10(2)14(3)12-8-6-11(7-9-12)13(15)16;/h6-10H,4-5H2,1-3H3,(H,15,16);1H. The molecule has 0 radical (unpaired) electrons. The molecule has 0 bridgehead atoms. The molecule has 1 aromatic carbocycles. The van der Waals surface area contributed by atoms with Crippen LogP contribution in [0.15, 0.2) is 24.3 Å². The van der Waals surface area contributed by atoms with Gasteiger partial charge in [0, 0.05) is 18.8 Å². The minimum atomic E-state index is -0.879. The van der Waals surface area contributed by atoms with Crippen molar-refractivity contribution in [1.82, 2.24) is 0 Å². The summed E-state index contributed by atoms with van der Waals surface area (Å²) in [5, 5.41) is 8.79. The first-order chi connectivity index (χ1) is 7.56. The van der Waals surface area contributed by atoms with Gasteiger partial charge in [0.1, 0.15) is 0 Å². The van der Waals surface area contributed by atoms with Gasteiger partial charge in [-0.05, 0) is 37.6 Å². The van der Waals surface area contributed by atoms with Gasteiger partial charge in [0.15, 0.2) is 0 Å². The Kier molecular flexibility index (Phi) is 6.66. The number of halogens is 1. The highest BCUT2D eigenvalue weighted by Gasteiger charge is 2.09. The van der Waals surface area contributed by atoms with E-state index in [4.69, 9.17) is 5.11 Å². The molecule has 0 saturated heterocycles. The summed E-state index contributed by atoms with van der Waals surface area (Å²) < 4.78 is 0. The first-order valence-electron chi connectivity index (χ1n) is 5.62. The summed E-state index contributed by atoms with van der Waals surface area (Å²) in [4.78, 5) is 12.9. The summed E-state index contributed by atoms with van der Waals surface area (Å²) >= 11 is 0. The number of rotatable bonds is 5. The Morgan fingerprint density at radius 2 is 1.88 bits per heavy atom. The van der Waals surface area contributed by atoms with Crippen molar-refractivity contribution in [2.75, 3.05) is 11.9 Å². The highest BCUT2D eigenvalue weighted by molar-refractivity contribution is 5.88. The van der Waals surface area contributed by atoms with E-state index in [1.54, 1.807) is 12.1 Å². The molecule has 0 fully saturated rings. The normalized spacial score (nSPS) is 11.5. The van der Waals surface area contributed by atoms with E-state index in [9.17, 15) is 4.79 Å². The average Bonchev–Trinajstić information content (AvgIpc) is 2.28. The van der Waals surface area contributed by atoms with Crippen molar-refractivity contribution in [2.45, 2.75) is 32.7 Å². The molecule has 0 amide bonds. The first kappa shape index (κ1) is 15.8. The Bertz CT molecular complexity index is 351. The molecule has 1 atom stereocenters. The summed E-state index contributed by atoms with van der Waals surface area (Å²) in [6.07, 6.45) is 2.29. The Morgan fingerprint density at radius 1 is 1.35 bits per heavy atom. The lowest BCUT2D eigenvalue weighted by atomic mass is 10.1. The van der Waals surface area contributed by atoms with Crippen LogP contribution in [0.1, 0.15) is 37.0 Å². The largest absolute Gasteiger partial charge is 0.478 e. The Balaban J connectivity index is 0.00000256. The van der Waals surface area contributed by atoms with Gasteiger partial charge in [-0.25, -0.2) is 4.79 Å². The van der Waals surface area contributed by atoms with E-state index in [0.29, 0.717) is 11.6 Å². The molecule has 0 aliphatic heterocycles. The van der Waals surface area contributed by atoms with Crippen molar-refractivity contribution in [2.24, 2.45) is 0 Å². The molecular formula is C13H20ClNO2. The molecule has 0 saturated carbocycles. The monoisotopic (exact) mass is 257 g/mol. The molecule has 0 aliphatic rings. The van der Waals surface area contributed by atoms with Crippen LogP contribution >= 0.6 is 12.4 Å². The molecule has 0 spiro atoms. The molecule has 0 heterocycles. The molecule has 1 rings (SSSR count). The van der Waals surface area contributed by atoms with Gasteiger partial charge < -0.3 is 10.0 Å². The third kappa shape index (κ3) is 4.27. The van der Waals surface area contributed by atoms with Gasteiger partial charge in [0.2, 0.25) is 0 Å². The Hall–Kier alpha value is -1.22. The second-order valence-electron chi connectivity index (χ2n) is 4.10. The number of carboxylic acid groups (broad SMARTS) is 1. The Morgan fingerprint density at radius 3 is 2.29 bits per heavy atom. The van der Waals surface area contributed by atoms with Crippen molar-refractivity contribution in [3.63, 3.8) is 0 Å². The van der Waals surface area contributed by atoms with Crippen molar-refractivity contribution in [3.8, 4) is 0 Å². The molecule has 4 heteroatoms. The predicted octanol–water partition coefficient (Wildman–Crippen LogP) is 3.43. The van der Waals surface area contributed by atoms with Gasteiger partial charge in [-0.15, -0.1) is 12.4 Å². The molecule has 3 nitrogen and oxygen atoms in total. The smallest absolute Gasteiger partial charge is 0.335 e. The summed E-state index contributed by atoms with van der Waals surface area (Å²) in [6, 6.07) is 7.48. The van der Waals surface area contributed by atoms with E-state index in [0.717, 1.165) is 18.5 Å². The number of anilines is 1. The number of hydrogen-bond acceptors (Lipinski definition) is 2. The second kappa shape index (κ2) is 7.17. The number of hydrogen-bond donors (Lipinski definition) is 1.